The number of hydrogen-bond acceptors (Lipinski definition) is 1. The Morgan fingerprint density at radius 3 is 2.12 bits per heavy atom. The lowest BCUT2D eigenvalue weighted by Gasteiger charge is -2.21. The average molecular weight is 226 g/mol. The van der Waals surface area contributed by atoms with Gasteiger partial charge in [0, 0.05) is 12.8 Å². The first kappa shape index (κ1) is 15.7. The highest BCUT2D eigenvalue weighted by Crippen LogP contribution is 2.26. The molecule has 0 aliphatic heterocycles. The van der Waals surface area contributed by atoms with Gasteiger partial charge in [-0.2, -0.15) is 0 Å². The summed E-state index contributed by atoms with van der Waals surface area (Å²) in [5, 5.41) is 0. The molecule has 1 nitrogen and oxygen atoms in total. The van der Waals surface area contributed by atoms with Gasteiger partial charge in [0.15, 0.2) is 0 Å². The van der Waals surface area contributed by atoms with E-state index in [1.165, 1.54) is 25.7 Å². The van der Waals surface area contributed by atoms with Crippen LogP contribution in [0.2, 0.25) is 0 Å². The molecule has 0 N–H and O–H groups in total. The molecule has 16 heavy (non-hydrogen) atoms. The van der Waals surface area contributed by atoms with E-state index in [4.69, 9.17) is 0 Å². The van der Waals surface area contributed by atoms with Crippen LogP contribution in [0.5, 0.6) is 0 Å². The zero-order valence-electron chi connectivity index (χ0n) is 11.8. The molecule has 0 saturated carbocycles. The van der Waals surface area contributed by atoms with Crippen molar-refractivity contribution < 1.29 is 4.79 Å². The predicted octanol–water partition coefficient (Wildman–Crippen LogP) is 5.13. The Bertz CT molecular complexity index is 182. The Labute approximate surface area is 102 Å². The molecule has 0 aromatic carbocycles. The maximum absolute atomic E-state index is 11.6. The second-order valence-corrected chi connectivity index (χ2v) is 5.72. The predicted molar refractivity (Wildman–Crippen MR) is 71.7 cm³/mol. The van der Waals surface area contributed by atoms with Gasteiger partial charge < -0.3 is 0 Å². The zero-order chi connectivity index (χ0) is 12.4. The fourth-order valence-corrected chi connectivity index (χ4v) is 1.71. The Kier molecular flexibility index (Phi) is 8.60. The summed E-state index contributed by atoms with van der Waals surface area (Å²) >= 11 is 0. The Hall–Kier alpha value is -0.330. The third-order valence-corrected chi connectivity index (χ3v) is 3.60. The van der Waals surface area contributed by atoms with Crippen molar-refractivity contribution in [3.05, 3.63) is 0 Å². The summed E-state index contributed by atoms with van der Waals surface area (Å²) in [6, 6.07) is 0. The van der Waals surface area contributed by atoms with Gasteiger partial charge in [-0.25, -0.2) is 0 Å². The van der Waals surface area contributed by atoms with Crippen LogP contribution in [-0.2, 0) is 4.79 Å². The fourth-order valence-electron chi connectivity index (χ4n) is 1.71. The van der Waals surface area contributed by atoms with Crippen LogP contribution in [0, 0.1) is 5.41 Å². The van der Waals surface area contributed by atoms with Crippen molar-refractivity contribution in [1.29, 1.82) is 0 Å². The Morgan fingerprint density at radius 2 is 1.56 bits per heavy atom. The van der Waals surface area contributed by atoms with Crippen LogP contribution in [-0.4, -0.2) is 5.78 Å². The molecule has 0 atom stereocenters. The molecular weight excluding hydrogens is 196 g/mol. The summed E-state index contributed by atoms with van der Waals surface area (Å²) in [5.41, 5.74) is 0.345. The first-order chi connectivity index (χ1) is 7.52. The van der Waals surface area contributed by atoms with Crippen molar-refractivity contribution in [2.45, 2.75) is 85.5 Å². The van der Waals surface area contributed by atoms with Gasteiger partial charge in [-0.15, -0.1) is 0 Å². The topological polar surface area (TPSA) is 17.1 Å². The van der Waals surface area contributed by atoms with Crippen molar-refractivity contribution in [1.82, 2.24) is 0 Å². The summed E-state index contributed by atoms with van der Waals surface area (Å²) < 4.78 is 0. The lowest BCUT2D eigenvalue weighted by Crippen LogP contribution is -2.12. The highest BCUT2D eigenvalue weighted by atomic mass is 16.1. The van der Waals surface area contributed by atoms with Gasteiger partial charge in [-0.3, -0.25) is 4.79 Å². The molecular formula is C15H30O. The summed E-state index contributed by atoms with van der Waals surface area (Å²) in [6.45, 7) is 8.93. The summed E-state index contributed by atoms with van der Waals surface area (Å²) in [5.74, 6) is 0.470. The van der Waals surface area contributed by atoms with Gasteiger partial charge >= 0.3 is 0 Å². The molecule has 96 valence electrons. The van der Waals surface area contributed by atoms with Crippen molar-refractivity contribution in [3.8, 4) is 0 Å². The molecule has 0 radical (unpaired) electrons. The molecule has 0 amide bonds. The smallest absolute Gasteiger partial charge is 0.132 e. The number of unbranched alkanes of at least 4 members (excludes halogenated alkanes) is 4. The van der Waals surface area contributed by atoms with Crippen LogP contribution < -0.4 is 0 Å². The molecule has 0 heterocycles. The summed E-state index contributed by atoms with van der Waals surface area (Å²) in [4.78, 5) is 11.6. The number of hydrogen-bond donors (Lipinski definition) is 0. The molecule has 0 bridgehead atoms. The Morgan fingerprint density at radius 1 is 0.938 bits per heavy atom. The second kappa shape index (κ2) is 8.78. The van der Waals surface area contributed by atoms with E-state index in [9.17, 15) is 4.79 Å². The van der Waals surface area contributed by atoms with Gasteiger partial charge in [0.05, 0.1) is 0 Å². The minimum atomic E-state index is 0.345. The van der Waals surface area contributed by atoms with E-state index in [0.29, 0.717) is 11.2 Å². The SMILES string of the molecule is CCCCCCCC(=O)CCC(C)(C)CC. The number of ketones is 1. The van der Waals surface area contributed by atoms with Crippen molar-refractivity contribution >= 4 is 5.78 Å². The molecule has 0 aliphatic carbocycles. The highest BCUT2D eigenvalue weighted by molar-refractivity contribution is 5.78. The highest BCUT2D eigenvalue weighted by Gasteiger charge is 2.16. The summed E-state index contributed by atoms with van der Waals surface area (Å²) in [7, 11) is 0. The van der Waals surface area contributed by atoms with Crippen LogP contribution in [0.15, 0.2) is 0 Å². The van der Waals surface area contributed by atoms with E-state index in [-0.39, 0.29) is 0 Å². The van der Waals surface area contributed by atoms with Crippen LogP contribution in [0.1, 0.15) is 85.5 Å². The molecule has 0 aromatic rings. The van der Waals surface area contributed by atoms with Gasteiger partial charge in [-0.1, -0.05) is 59.8 Å². The van der Waals surface area contributed by atoms with Crippen LogP contribution in [0.3, 0.4) is 0 Å². The van der Waals surface area contributed by atoms with E-state index >= 15 is 0 Å². The minimum absolute atomic E-state index is 0.345. The fraction of sp³-hybridized carbons (Fsp3) is 0.933. The minimum Gasteiger partial charge on any atom is -0.300 e. The van der Waals surface area contributed by atoms with Gasteiger partial charge in [0.25, 0.3) is 0 Å². The van der Waals surface area contributed by atoms with E-state index in [1.54, 1.807) is 0 Å². The average Bonchev–Trinajstić information content (AvgIpc) is 2.26. The van der Waals surface area contributed by atoms with Gasteiger partial charge in [-0.05, 0) is 18.3 Å². The van der Waals surface area contributed by atoms with Crippen molar-refractivity contribution in [2.24, 2.45) is 5.41 Å². The van der Waals surface area contributed by atoms with E-state index in [0.717, 1.165) is 32.1 Å². The van der Waals surface area contributed by atoms with Crippen molar-refractivity contribution in [3.63, 3.8) is 0 Å². The van der Waals surface area contributed by atoms with E-state index < -0.39 is 0 Å². The second-order valence-electron chi connectivity index (χ2n) is 5.72. The maximum atomic E-state index is 11.6. The van der Waals surface area contributed by atoms with E-state index in [2.05, 4.69) is 27.7 Å². The third kappa shape index (κ3) is 8.94. The number of carbonyl (C=O) groups is 1. The van der Waals surface area contributed by atoms with Crippen LogP contribution in [0.4, 0.5) is 0 Å². The monoisotopic (exact) mass is 226 g/mol. The largest absolute Gasteiger partial charge is 0.300 e. The first-order valence-electron chi connectivity index (χ1n) is 7.03. The molecule has 0 spiro atoms. The normalized spacial score (nSPS) is 11.8. The molecule has 0 fully saturated rings. The van der Waals surface area contributed by atoms with E-state index in [1.807, 2.05) is 0 Å². The molecule has 0 unspecified atom stereocenters. The van der Waals surface area contributed by atoms with Crippen LogP contribution >= 0.6 is 0 Å². The third-order valence-electron chi connectivity index (χ3n) is 3.60. The number of Topliss-reactive ketones (excluding diaryl/α,β-unsaturated/α-hetero) is 1. The number of rotatable bonds is 10. The molecule has 0 rings (SSSR count). The Balaban J connectivity index is 3.45. The van der Waals surface area contributed by atoms with Gasteiger partial charge in [0.1, 0.15) is 5.78 Å². The summed E-state index contributed by atoms with van der Waals surface area (Å²) in [6.07, 6.45) is 10.0. The lowest BCUT2D eigenvalue weighted by atomic mass is 9.84. The molecule has 0 aromatic heterocycles. The molecule has 0 aliphatic rings. The number of carbonyl (C=O) groups excluding carboxylic acids is 1. The zero-order valence-corrected chi connectivity index (χ0v) is 11.8. The molecule has 1 heteroatoms. The maximum Gasteiger partial charge on any atom is 0.132 e. The van der Waals surface area contributed by atoms with Crippen molar-refractivity contribution in [2.75, 3.05) is 0 Å². The quantitative estimate of drug-likeness (QED) is 0.472. The van der Waals surface area contributed by atoms with Crippen LogP contribution in [0.25, 0.3) is 0 Å². The lowest BCUT2D eigenvalue weighted by molar-refractivity contribution is -0.119. The first-order valence-corrected chi connectivity index (χ1v) is 7.03. The standard InChI is InChI=1S/C15H30O/c1-5-7-8-9-10-11-14(16)12-13-15(3,4)6-2/h5-13H2,1-4H3. The van der Waals surface area contributed by atoms with Gasteiger partial charge in [0.2, 0.25) is 0 Å². The molecule has 0 saturated heterocycles.